The summed E-state index contributed by atoms with van der Waals surface area (Å²) in [6.45, 7) is 2.18. The van der Waals surface area contributed by atoms with Crippen molar-refractivity contribution in [2.45, 2.75) is 24.5 Å². The SMILES string of the molecule is O=C(c1ccc(F)c(F)c1Nc1ccc(I)cc1F)N1CC(O)(CNCC2CCCN2)C1. The quantitative estimate of drug-likeness (QED) is 0.392. The van der Waals surface area contributed by atoms with Gasteiger partial charge < -0.3 is 26.0 Å². The van der Waals surface area contributed by atoms with Gasteiger partial charge in [-0.3, -0.25) is 4.79 Å². The summed E-state index contributed by atoms with van der Waals surface area (Å²) in [5, 5.41) is 19.8. The number of aliphatic hydroxyl groups is 1. The van der Waals surface area contributed by atoms with Crippen molar-refractivity contribution in [3.8, 4) is 0 Å². The van der Waals surface area contributed by atoms with Gasteiger partial charge in [0.15, 0.2) is 11.6 Å². The molecule has 2 aromatic rings. The van der Waals surface area contributed by atoms with Crippen LogP contribution in [0.4, 0.5) is 24.5 Å². The Morgan fingerprint density at radius 2 is 2.00 bits per heavy atom. The molecule has 0 aromatic heterocycles. The lowest BCUT2D eigenvalue weighted by atomic mass is 9.92. The van der Waals surface area contributed by atoms with Crippen LogP contribution < -0.4 is 16.0 Å². The molecule has 2 aliphatic heterocycles. The van der Waals surface area contributed by atoms with Crippen LogP contribution in [0, 0.1) is 21.0 Å². The molecule has 4 N–H and O–H groups in total. The predicted molar refractivity (Wildman–Crippen MR) is 124 cm³/mol. The summed E-state index contributed by atoms with van der Waals surface area (Å²) in [7, 11) is 0. The first kappa shape index (κ1) is 23.3. The van der Waals surface area contributed by atoms with Gasteiger partial charge >= 0.3 is 0 Å². The highest BCUT2D eigenvalue weighted by atomic mass is 127. The number of amides is 1. The summed E-state index contributed by atoms with van der Waals surface area (Å²) in [5.74, 6) is -3.64. The number of halogens is 4. The summed E-state index contributed by atoms with van der Waals surface area (Å²) in [6, 6.07) is 6.64. The van der Waals surface area contributed by atoms with Crippen LogP contribution in [0.2, 0.25) is 0 Å². The summed E-state index contributed by atoms with van der Waals surface area (Å²) in [5.41, 5.74) is -1.72. The number of hydrogen-bond acceptors (Lipinski definition) is 5. The van der Waals surface area contributed by atoms with Crippen LogP contribution in [0.3, 0.4) is 0 Å². The van der Waals surface area contributed by atoms with E-state index in [-0.39, 0.29) is 24.3 Å². The maximum Gasteiger partial charge on any atom is 0.256 e. The summed E-state index contributed by atoms with van der Waals surface area (Å²) < 4.78 is 43.3. The van der Waals surface area contributed by atoms with Crippen molar-refractivity contribution in [3.63, 3.8) is 0 Å². The van der Waals surface area contributed by atoms with Gasteiger partial charge in [-0.1, -0.05) is 0 Å². The third-order valence-electron chi connectivity index (χ3n) is 5.78. The van der Waals surface area contributed by atoms with Gasteiger partial charge in [0.1, 0.15) is 11.4 Å². The van der Waals surface area contributed by atoms with Crippen LogP contribution in [0.25, 0.3) is 0 Å². The number of nitrogens with zero attached hydrogens (tertiary/aromatic N) is 1. The Morgan fingerprint density at radius 3 is 2.69 bits per heavy atom. The molecular formula is C22H24F3IN4O2. The van der Waals surface area contributed by atoms with Crippen LogP contribution in [-0.2, 0) is 0 Å². The summed E-state index contributed by atoms with van der Waals surface area (Å²) >= 11 is 1.93. The van der Waals surface area contributed by atoms with E-state index in [1.807, 2.05) is 22.6 Å². The van der Waals surface area contributed by atoms with Crippen molar-refractivity contribution >= 4 is 39.9 Å². The Balaban J connectivity index is 1.44. The molecule has 6 nitrogen and oxygen atoms in total. The molecule has 172 valence electrons. The van der Waals surface area contributed by atoms with E-state index < -0.39 is 34.6 Å². The van der Waals surface area contributed by atoms with E-state index >= 15 is 0 Å². The van der Waals surface area contributed by atoms with Crippen LogP contribution in [-0.4, -0.2) is 60.3 Å². The number of carbonyl (C=O) groups excluding carboxylic acids is 1. The van der Waals surface area contributed by atoms with Gasteiger partial charge in [0, 0.05) is 22.7 Å². The van der Waals surface area contributed by atoms with Gasteiger partial charge in [-0.05, 0) is 72.3 Å². The molecule has 2 heterocycles. The minimum Gasteiger partial charge on any atom is -0.385 e. The van der Waals surface area contributed by atoms with E-state index in [4.69, 9.17) is 0 Å². The molecule has 0 radical (unpaired) electrons. The van der Waals surface area contributed by atoms with Crippen LogP contribution >= 0.6 is 22.6 Å². The van der Waals surface area contributed by atoms with E-state index in [0.29, 0.717) is 16.2 Å². The first-order chi connectivity index (χ1) is 15.3. The molecule has 0 spiro atoms. The number of likely N-dealkylation sites (tertiary alicyclic amines) is 1. The van der Waals surface area contributed by atoms with E-state index in [9.17, 15) is 23.1 Å². The first-order valence-corrected chi connectivity index (χ1v) is 11.5. The second kappa shape index (κ2) is 9.54. The van der Waals surface area contributed by atoms with Crippen LogP contribution in [0.5, 0.6) is 0 Å². The lowest BCUT2D eigenvalue weighted by molar-refractivity contribution is -0.0785. The zero-order chi connectivity index (χ0) is 22.9. The monoisotopic (exact) mass is 560 g/mol. The molecule has 32 heavy (non-hydrogen) atoms. The third-order valence-corrected chi connectivity index (χ3v) is 6.45. The minimum absolute atomic E-state index is 0.0628. The molecule has 2 aromatic carbocycles. The average Bonchev–Trinajstić information content (AvgIpc) is 3.24. The second-order valence-corrected chi connectivity index (χ2v) is 9.59. The van der Waals surface area contributed by atoms with Crippen LogP contribution in [0.1, 0.15) is 23.2 Å². The van der Waals surface area contributed by atoms with Crippen molar-refractivity contribution in [1.82, 2.24) is 15.5 Å². The van der Waals surface area contributed by atoms with Crippen LogP contribution in [0.15, 0.2) is 30.3 Å². The molecule has 1 unspecified atom stereocenters. The van der Waals surface area contributed by atoms with Gasteiger partial charge in [0.2, 0.25) is 0 Å². The second-order valence-electron chi connectivity index (χ2n) is 8.34. The molecule has 2 fully saturated rings. The Morgan fingerprint density at radius 1 is 1.22 bits per heavy atom. The largest absolute Gasteiger partial charge is 0.385 e. The number of β-amino-alcohol motifs (C(OH)–C–C–N with tert-alkyl or cyclic N) is 1. The maximum atomic E-state index is 14.6. The number of nitrogens with one attached hydrogen (secondary N) is 3. The highest BCUT2D eigenvalue weighted by Crippen LogP contribution is 2.31. The van der Waals surface area contributed by atoms with Crippen molar-refractivity contribution in [1.29, 1.82) is 0 Å². The standard InChI is InChI=1S/C22H24F3IN4O2/c23-16-5-4-15(20(19(16)25)29-18-6-3-13(26)8-17(18)24)21(31)30-11-22(32,12-30)10-27-9-14-2-1-7-28-14/h3-6,8,14,27-29,32H,1-2,7,9-12H2. The summed E-state index contributed by atoms with van der Waals surface area (Å²) in [4.78, 5) is 14.3. The van der Waals surface area contributed by atoms with Gasteiger partial charge in [-0.2, -0.15) is 0 Å². The number of carbonyl (C=O) groups is 1. The zero-order valence-electron chi connectivity index (χ0n) is 17.2. The van der Waals surface area contributed by atoms with Gasteiger partial charge in [0.25, 0.3) is 5.91 Å². The lowest BCUT2D eigenvalue weighted by Gasteiger charge is -2.46. The van der Waals surface area contributed by atoms with E-state index in [0.717, 1.165) is 38.1 Å². The van der Waals surface area contributed by atoms with Crippen molar-refractivity contribution in [3.05, 3.63) is 56.9 Å². The highest BCUT2D eigenvalue weighted by Gasteiger charge is 2.44. The Labute approximate surface area is 197 Å². The van der Waals surface area contributed by atoms with E-state index in [1.54, 1.807) is 6.07 Å². The van der Waals surface area contributed by atoms with Crippen molar-refractivity contribution in [2.24, 2.45) is 0 Å². The fourth-order valence-electron chi connectivity index (χ4n) is 4.08. The molecule has 10 heteroatoms. The zero-order valence-corrected chi connectivity index (χ0v) is 19.4. The fourth-order valence-corrected chi connectivity index (χ4v) is 4.53. The highest BCUT2D eigenvalue weighted by molar-refractivity contribution is 14.1. The molecular weight excluding hydrogens is 536 g/mol. The minimum atomic E-state index is -1.27. The lowest BCUT2D eigenvalue weighted by Crippen LogP contribution is -2.67. The molecule has 0 bridgehead atoms. The smallest absolute Gasteiger partial charge is 0.256 e. The Hall–Kier alpha value is -1.89. The molecule has 2 aliphatic rings. The van der Waals surface area contributed by atoms with E-state index in [2.05, 4.69) is 16.0 Å². The van der Waals surface area contributed by atoms with E-state index in [1.165, 1.54) is 17.0 Å². The molecule has 2 saturated heterocycles. The van der Waals surface area contributed by atoms with Crippen molar-refractivity contribution in [2.75, 3.05) is 38.0 Å². The predicted octanol–water partition coefficient (Wildman–Crippen LogP) is 2.98. The van der Waals surface area contributed by atoms with Gasteiger partial charge in [-0.25, -0.2) is 13.2 Å². The normalized spacial score (nSPS) is 19.7. The maximum absolute atomic E-state index is 14.6. The molecule has 1 amide bonds. The third kappa shape index (κ3) is 5.03. The first-order valence-electron chi connectivity index (χ1n) is 10.4. The fraction of sp³-hybridized carbons (Fsp3) is 0.409. The number of benzene rings is 2. The molecule has 0 saturated carbocycles. The number of anilines is 2. The Kier molecular flexibility index (Phi) is 6.94. The van der Waals surface area contributed by atoms with Gasteiger partial charge in [-0.15, -0.1) is 0 Å². The molecule has 0 aliphatic carbocycles. The average molecular weight is 560 g/mol. The molecule has 1 atom stereocenters. The molecule has 4 rings (SSSR count). The topological polar surface area (TPSA) is 76.6 Å². The summed E-state index contributed by atoms with van der Waals surface area (Å²) in [6.07, 6.45) is 2.22. The number of rotatable bonds is 7. The Bertz CT molecular complexity index is 1010. The van der Waals surface area contributed by atoms with Gasteiger partial charge in [0.05, 0.1) is 30.0 Å². The van der Waals surface area contributed by atoms with Crippen molar-refractivity contribution < 1.29 is 23.1 Å². The number of hydrogen-bond donors (Lipinski definition) is 4.